The van der Waals surface area contributed by atoms with Crippen molar-refractivity contribution in [3.05, 3.63) is 87.8 Å². The molecule has 1 atom stereocenters. The van der Waals surface area contributed by atoms with Crippen molar-refractivity contribution in [1.29, 1.82) is 0 Å². The largest absolute Gasteiger partial charge is 0.443 e. The predicted octanol–water partition coefficient (Wildman–Crippen LogP) is 4.94. The number of nitrogens with zero attached hydrogens (tertiary/aromatic N) is 8. The molecule has 0 radical (unpaired) electrons. The average molecular weight is 905 g/mol. The number of benzene rings is 1. The van der Waals surface area contributed by atoms with Gasteiger partial charge in [0, 0.05) is 66.1 Å². The summed E-state index contributed by atoms with van der Waals surface area (Å²) in [4.78, 5) is 73.1. The van der Waals surface area contributed by atoms with Gasteiger partial charge in [0.15, 0.2) is 11.3 Å². The molecular weight excluding hydrogens is 856 g/mol. The Hall–Kier alpha value is -6.70. The summed E-state index contributed by atoms with van der Waals surface area (Å²) >= 11 is 6.24. The van der Waals surface area contributed by atoms with Crippen LogP contribution in [-0.4, -0.2) is 114 Å². The van der Waals surface area contributed by atoms with E-state index in [4.69, 9.17) is 26.1 Å². The predicted molar refractivity (Wildman–Crippen MR) is 241 cm³/mol. The number of morpholine rings is 1. The number of ether oxygens (including phenoxy) is 2. The summed E-state index contributed by atoms with van der Waals surface area (Å²) < 4.78 is 14.4. The highest BCUT2D eigenvalue weighted by Crippen LogP contribution is 2.35. The van der Waals surface area contributed by atoms with Gasteiger partial charge in [-0.1, -0.05) is 41.9 Å². The molecule has 7 heterocycles. The number of carbonyl (C=O) groups is 5. The van der Waals surface area contributed by atoms with Crippen LogP contribution in [0.3, 0.4) is 0 Å². The van der Waals surface area contributed by atoms with E-state index in [1.54, 1.807) is 54.6 Å². The third-order valence-corrected chi connectivity index (χ3v) is 11.3. The van der Waals surface area contributed by atoms with Gasteiger partial charge in [-0.15, -0.1) is 0 Å². The van der Waals surface area contributed by atoms with Gasteiger partial charge >= 0.3 is 6.09 Å². The van der Waals surface area contributed by atoms with Crippen molar-refractivity contribution >= 4 is 82.2 Å². The number of rotatable bonds is 11. The normalized spacial score (nSPS) is 19.6. The van der Waals surface area contributed by atoms with Crippen LogP contribution in [0.25, 0.3) is 23.4 Å². The maximum Gasteiger partial charge on any atom is 0.416 e. The van der Waals surface area contributed by atoms with Gasteiger partial charge in [0.05, 0.1) is 44.5 Å². The van der Waals surface area contributed by atoms with Crippen LogP contribution in [0.15, 0.2) is 66.0 Å². The van der Waals surface area contributed by atoms with Gasteiger partial charge in [0.2, 0.25) is 11.8 Å². The van der Waals surface area contributed by atoms with E-state index in [-0.39, 0.29) is 47.8 Å². The zero-order valence-electron chi connectivity index (χ0n) is 36.2. The molecule has 3 aliphatic heterocycles. The first-order valence-corrected chi connectivity index (χ1v) is 22.1. The summed E-state index contributed by atoms with van der Waals surface area (Å²) in [6.07, 6.45) is 10.00. The second-order valence-corrected chi connectivity index (χ2v) is 18.0. The number of aromatic nitrogens is 6. The number of nitrogens with one attached hydrogen (secondary N) is 4. The summed E-state index contributed by atoms with van der Waals surface area (Å²) in [6, 6.07) is 14.4. The lowest BCUT2D eigenvalue weighted by Gasteiger charge is -2.31. The quantitative estimate of drug-likeness (QED) is 0.0785. The van der Waals surface area contributed by atoms with E-state index in [1.165, 1.54) is 16.3 Å². The van der Waals surface area contributed by atoms with Gasteiger partial charge in [0.25, 0.3) is 11.8 Å². The van der Waals surface area contributed by atoms with Gasteiger partial charge in [-0.05, 0) is 64.2 Å². The Bertz CT molecular complexity index is 2750. The minimum atomic E-state index is -0.651. The molecule has 5 fully saturated rings. The van der Waals surface area contributed by atoms with E-state index in [1.807, 2.05) is 12.1 Å². The van der Waals surface area contributed by atoms with Gasteiger partial charge in [-0.3, -0.25) is 39.6 Å². The molecule has 5 aromatic rings. The van der Waals surface area contributed by atoms with Crippen LogP contribution < -0.4 is 26.2 Å². The van der Waals surface area contributed by atoms with Gasteiger partial charge < -0.3 is 20.1 Å². The average Bonchev–Trinajstić information content (AvgIpc) is 4.13. The molecule has 4 aromatic heterocycles. The Kier molecular flexibility index (Phi) is 12.1. The molecule has 0 bridgehead atoms. The summed E-state index contributed by atoms with van der Waals surface area (Å²) in [5.41, 5.74) is 3.49. The molecule has 2 saturated carbocycles. The number of carbonyl (C=O) groups excluding carboxylic acids is 5. The third-order valence-electron chi connectivity index (χ3n) is 11.1. The molecule has 5 aliphatic rings. The van der Waals surface area contributed by atoms with E-state index in [0.717, 1.165) is 70.2 Å². The highest BCUT2D eigenvalue weighted by atomic mass is 35.5. The zero-order valence-corrected chi connectivity index (χ0v) is 36.9. The second kappa shape index (κ2) is 18.1. The van der Waals surface area contributed by atoms with Crippen molar-refractivity contribution < 1.29 is 33.4 Å². The molecule has 19 nitrogen and oxygen atoms in total. The summed E-state index contributed by atoms with van der Waals surface area (Å²) in [5, 5.41) is 20.9. The molecule has 20 heteroatoms. The Labute approximate surface area is 378 Å². The summed E-state index contributed by atoms with van der Waals surface area (Å²) in [7, 11) is 0. The molecule has 65 heavy (non-hydrogen) atoms. The molecule has 2 aliphatic carbocycles. The van der Waals surface area contributed by atoms with E-state index >= 15 is 0 Å². The maximum absolute atomic E-state index is 12.9. The SMILES string of the molecule is CC(C)(C)OC(=O)N(c1cc(Cl)nc2c(/C=C3\CC(=O)NC3=O)cnn12)C1CC1.O=C1C/C(=C\c2cnn3c(NC4CC4)cc(NC(CN4CCOCC4)c4ccccc4)nc23)C(=O)N1. The molecule has 10 rings (SSSR count). The fraction of sp³-hybridized carbons (Fsp3) is 0.400. The van der Waals surface area contributed by atoms with Gasteiger partial charge in [-0.2, -0.15) is 19.2 Å². The standard InChI is InChI=1S/C26H29N7O3.C19H20ClN5O4/c34-24-13-18(26(35)31-24)12-19-15-27-33-23(28-20-6-7-20)14-22(30-25(19)33)29-21(17-4-2-1-3-5-17)16-32-8-10-36-11-9-32;1-19(2,3)29-18(28)24(12-4-5-12)15-8-13(20)22-16-11(9-21-25(15)16)6-10-7-14(26)23-17(10)27/h1-5,12,14-15,20-21,28H,6-11,13,16H2,(H,29,30)(H,31,34,35);6,8-9,12H,4-5,7H2,1-3H3,(H,23,26,27)/b18-12+;10-6+. The summed E-state index contributed by atoms with van der Waals surface area (Å²) in [5.74, 6) is 0.565. The lowest BCUT2D eigenvalue weighted by molar-refractivity contribution is -0.125. The number of imide groups is 2. The van der Waals surface area contributed by atoms with E-state index in [2.05, 4.69) is 65.6 Å². The van der Waals surface area contributed by atoms with Gasteiger partial charge in [-0.25, -0.2) is 14.8 Å². The lowest BCUT2D eigenvalue weighted by Crippen LogP contribution is -2.40. The fourth-order valence-electron chi connectivity index (χ4n) is 7.73. The number of halogens is 1. The van der Waals surface area contributed by atoms with Crippen molar-refractivity contribution in [2.45, 2.75) is 83.0 Å². The van der Waals surface area contributed by atoms with Crippen LogP contribution in [0.1, 0.15) is 82.0 Å². The van der Waals surface area contributed by atoms with Crippen molar-refractivity contribution in [3.8, 4) is 0 Å². The number of fused-ring (bicyclic) bond motifs is 2. The Morgan fingerprint density at radius 3 is 2.08 bits per heavy atom. The van der Waals surface area contributed by atoms with Crippen LogP contribution in [0.4, 0.5) is 22.2 Å². The monoisotopic (exact) mass is 904 g/mol. The first-order chi connectivity index (χ1) is 31.2. The number of hydrogen-bond donors (Lipinski definition) is 4. The van der Waals surface area contributed by atoms with Crippen LogP contribution in [0.2, 0.25) is 5.15 Å². The van der Waals surface area contributed by atoms with Crippen LogP contribution >= 0.6 is 11.6 Å². The van der Waals surface area contributed by atoms with E-state index < -0.39 is 17.6 Å². The molecular formula is C45H49ClN12O7. The first kappa shape index (κ1) is 43.5. The highest BCUT2D eigenvalue weighted by molar-refractivity contribution is 6.30. The van der Waals surface area contributed by atoms with Crippen LogP contribution in [0.5, 0.6) is 0 Å². The molecule has 1 aromatic carbocycles. The van der Waals surface area contributed by atoms with Crippen LogP contribution in [0, 0.1) is 0 Å². The Morgan fingerprint density at radius 2 is 1.51 bits per heavy atom. The first-order valence-electron chi connectivity index (χ1n) is 21.7. The van der Waals surface area contributed by atoms with Crippen molar-refractivity contribution in [2.75, 3.05) is 48.4 Å². The van der Waals surface area contributed by atoms with Crippen molar-refractivity contribution in [1.82, 2.24) is 44.7 Å². The Balaban J connectivity index is 0.000000168. The zero-order chi connectivity index (χ0) is 45.4. The van der Waals surface area contributed by atoms with Crippen molar-refractivity contribution in [2.24, 2.45) is 0 Å². The minimum absolute atomic E-state index is 0.00393. The molecule has 5 amide bonds. The van der Waals surface area contributed by atoms with Gasteiger partial charge in [0.1, 0.15) is 28.2 Å². The molecule has 4 N–H and O–H groups in total. The summed E-state index contributed by atoms with van der Waals surface area (Å²) in [6.45, 7) is 9.51. The minimum Gasteiger partial charge on any atom is -0.443 e. The molecule has 338 valence electrons. The number of amides is 5. The smallest absolute Gasteiger partial charge is 0.416 e. The van der Waals surface area contributed by atoms with E-state index in [9.17, 15) is 24.0 Å². The molecule has 1 unspecified atom stereocenters. The highest BCUT2D eigenvalue weighted by Gasteiger charge is 2.38. The number of hydrogen-bond acceptors (Lipinski definition) is 14. The van der Waals surface area contributed by atoms with Crippen LogP contribution in [-0.2, 0) is 28.7 Å². The third kappa shape index (κ3) is 10.3. The molecule has 0 spiro atoms. The van der Waals surface area contributed by atoms with Crippen molar-refractivity contribution in [3.63, 3.8) is 0 Å². The lowest BCUT2D eigenvalue weighted by atomic mass is 10.1. The second-order valence-electron chi connectivity index (χ2n) is 17.6. The maximum atomic E-state index is 12.9. The topological polar surface area (TPSA) is 219 Å². The van der Waals surface area contributed by atoms with E-state index in [0.29, 0.717) is 45.4 Å². The molecule has 3 saturated heterocycles. The fourth-order valence-corrected chi connectivity index (χ4v) is 7.91. The Morgan fingerprint density at radius 1 is 0.892 bits per heavy atom. The number of anilines is 3.